The highest BCUT2D eigenvalue weighted by atomic mass is 32.1. The van der Waals surface area contributed by atoms with Crippen LogP contribution >= 0.6 is 18.5 Å². The van der Waals surface area contributed by atoms with Crippen LogP contribution in [0.4, 0.5) is 0 Å². The molecule has 0 aliphatic rings. The van der Waals surface area contributed by atoms with Crippen LogP contribution in [0.1, 0.15) is 0 Å². The SMILES string of the molecule is O=P(c1ccccc1)(c1ccccc1)c1ccc(-c2ccc(-c3ccc(-c4nc(-c5ccccc5)nc(-c5cccc6c5sc5ccccc56)n4)cc3)cc2)cc1. The number of hydrogen-bond donors (Lipinski definition) is 0. The van der Waals surface area contributed by atoms with Gasteiger partial charge in [0.15, 0.2) is 24.6 Å². The Bertz CT molecular complexity index is 3010. The average Bonchev–Trinajstić information content (AvgIpc) is 3.69. The number of thiophene rings is 1. The molecule has 8 aromatic carbocycles. The smallest absolute Gasteiger partial charge is 0.171 e. The molecule has 0 spiro atoms. The van der Waals surface area contributed by atoms with Crippen molar-refractivity contribution >= 4 is 54.6 Å². The molecule has 0 saturated carbocycles. The zero-order valence-corrected chi connectivity index (χ0v) is 32.4. The second kappa shape index (κ2) is 14.7. The van der Waals surface area contributed by atoms with Gasteiger partial charge in [0.1, 0.15) is 0 Å². The Labute approximate surface area is 335 Å². The highest BCUT2D eigenvalue weighted by Crippen LogP contribution is 2.43. The van der Waals surface area contributed by atoms with Gasteiger partial charge in [-0.15, -0.1) is 11.3 Å². The maximum Gasteiger partial charge on any atom is 0.171 e. The van der Waals surface area contributed by atoms with Crippen molar-refractivity contribution in [3.63, 3.8) is 0 Å². The molecule has 0 amide bonds. The molecular formula is C51H34N3OPS. The van der Waals surface area contributed by atoms with Crippen LogP contribution in [-0.4, -0.2) is 15.0 Å². The van der Waals surface area contributed by atoms with E-state index in [1.807, 2.05) is 103 Å². The lowest BCUT2D eigenvalue weighted by molar-refractivity contribution is 0.592. The van der Waals surface area contributed by atoms with Gasteiger partial charge in [-0.05, 0) is 34.4 Å². The van der Waals surface area contributed by atoms with Gasteiger partial charge in [0.25, 0.3) is 0 Å². The molecule has 4 nitrogen and oxygen atoms in total. The molecule has 10 aromatic rings. The zero-order valence-electron chi connectivity index (χ0n) is 30.7. The Morgan fingerprint density at radius 3 is 1.30 bits per heavy atom. The summed E-state index contributed by atoms with van der Waals surface area (Å²) in [6.45, 7) is 0. The van der Waals surface area contributed by atoms with Gasteiger partial charge in [0.05, 0.1) is 0 Å². The molecule has 0 bridgehead atoms. The Hall–Kier alpha value is -6.78. The van der Waals surface area contributed by atoms with Crippen LogP contribution < -0.4 is 15.9 Å². The molecule has 2 heterocycles. The van der Waals surface area contributed by atoms with E-state index in [0.29, 0.717) is 17.5 Å². The Morgan fingerprint density at radius 2 is 0.737 bits per heavy atom. The monoisotopic (exact) mass is 767 g/mol. The minimum Gasteiger partial charge on any atom is -0.309 e. The number of nitrogens with zero attached hydrogens (tertiary/aromatic N) is 3. The molecule has 57 heavy (non-hydrogen) atoms. The van der Waals surface area contributed by atoms with Crippen molar-refractivity contribution in [3.8, 4) is 56.4 Å². The molecule has 0 fully saturated rings. The molecular weight excluding hydrogens is 734 g/mol. The first-order valence-electron chi connectivity index (χ1n) is 18.9. The van der Waals surface area contributed by atoms with Gasteiger partial charge in [-0.2, -0.15) is 0 Å². The lowest BCUT2D eigenvalue weighted by Gasteiger charge is -2.20. The lowest BCUT2D eigenvalue weighted by Crippen LogP contribution is -2.24. The molecule has 10 rings (SSSR count). The van der Waals surface area contributed by atoms with Crippen molar-refractivity contribution in [1.29, 1.82) is 0 Å². The first-order valence-corrected chi connectivity index (χ1v) is 21.4. The highest BCUT2D eigenvalue weighted by molar-refractivity contribution is 7.85. The number of fused-ring (bicyclic) bond motifs is 3. The molecule has 0 unspecified atom stereocenters. The van der Waals surface area contributed by atoms with Crippen LogP contribution in [0, 0.1) is 0 Å². The molecule has 0 aliphatic carbocycles. The number of rotatable bonds is 8. The second-order valence-corrected chi connectivity index (χ2v) is 17.8. The summed E-state index contributed by atoms with van der Waals surface area (Å²) in [5, 5.41) is 4.93. The Morgan fingerprint density at radius 1 is 0.333 bits per heavy atom. The summed E-state index contributed by atoms with van der Waals surface area (Å²) in [6, 6.07) is 69.8. The third-order valence-electron chi connectivity index (χ3n) is 10.5. The summed E-state index contributed by atoms with van der Waals surface area (Å²) < 4.78 is 17.2. The number of aromatic nitrogens is 3. The van der Waals surface area contributed by atoms with Gasteiger partial charge in [0.2, 0.25) is 0 Å². The van der Waals surface area contributed by atoms with Crippen LogP contribution in [0.25, 0.3) is 76.6 Å². The van der Waals surface area contributed by atoms with E-state index >= 15 is 0 Å². The fourth-order valence-corrected chi connectivity index (χ4v) is 11.4. The molecule has 0 saturated heterocycles. The van der Waals surface area contributed by atoms with Crippen LogP contribution in [0.15, 0.2) is 206 Å². The molecule has 6 heteroatoms. The molecule has 0 atom stereocenters. The van der Waals surface area contributed by atoms with Gasteiger partial charge < -0.3 is 4.57 Å². The molecule has 270 valence electrons. The zero-order chi connectivity index (χ0) is 38.2. The quantitative estimate of drug-likeness (QED) is 0.145. The number of hydrogen-bond acceptors (Lipinski definition) is 5. The van der Waals surface area contributed by atoms with E-state index in [9.17, 15) is 4.57 Å². The van der Waals surface area contributed by atoms with Crippen molar-refractivity contribution in [1.82, 2.24) is 15.0 Å². The second-order valence-electron chi connectivity index (χ2n) is 13.9. The maximum atomic E-state index is 14.8. The van der Waals surface area contributed by atoms with Crippen molar-refractivity contribution in [2.45, 2.75) is 0 Å². The predicted octanol–water partition coefficient (Wildman–Crippen LogP) is 12.2. The van der Waals surface area contributed by atoms with Crippen molar-refractivity contribution in [3.05, 3.63) is 206 Å². The van der Waals surface area contributed by atoms with Crippen molar-refractivity contribution < 1.29 is 4.57 Å². The summed E-state index contributed by atoms with van der Waals surface area (Å²) in [4.78, 5) is 15.1. The summed E-state index contributed by atoms with van der Waals surface area (Å²) >= 11 is 1.77. The van der Waals surface area contributed by atoms with E-state index in [4.69, 9.17) is 15.0 Å². The van der Waals surface area contributed by atoms with Crippen molar-refractivity contribution in [2.75, 3.05) is 0 Å². The van der Waals surface area contributed by atoms with Gasteiger partial charge in [0, 0.05) is 52.8 Å². The standard InChI is InChI=1S/C51H34N3OPS/c55-56(41-15-6-2-7-16-41,42-17-8-3-9-18-42)43-33-31-38(32-34-43)36-25-23-35(24-26-36)37-27-29-40(30-28-37)50-52-49(39-13-4-1-5-14-39)53-51(54-50)46-21-12-20-45-44-19-10-11-22-47(44)57-48(45)46/h1-34H. The van der Waals surface area contributed by atoms with Crippen LogP contribution in [0.3, 0.4) is 0 Å². The summed E-state index contributed by atoms with van der Waals surface area (Å²) in [6.07, 6.45) is 0. The third kappa shape index (κ3) is 6.47. The first kappa shape index (κ1) is 34.7. The maximum absolute atomic E-state index is 14.8. The number of benzene rings is 8. The van der Waals surface area contributed by atoms with Gasteiger partial charge in [-0.1, -0.05) is 194 Å². The minimum atomic E-state index is -3.03. The van der Waals surface area contributed by atoms with E-state index in [1.54, 1.807) is 11.3 Å². The van der Waals surface area contributed by atoms with E-state index in [-0.39, 0.29) is 0 Å². The summed E-state index contributed by atoms with van der Waals surface area (Å²) in [5.74, 6) is 1.93. The van der Waals surface area contributed by atoms with Crippen LogP contribution in [-0.2, 0) is 4.57 Å². The Kier molecular flexibility index (Phi) is 8.95. The average molecular weight is 768 g/mol. The van der Waals surface area contributed by atoms with Gasteiger partial charge >= 0.3 is 0 Å². The fourth-order valence-electron chi connectivity index (χ4n) is 7.52. The fraction of sp³-hybridized carbons (Fsp3) is 0. The van der Waals surface area contributed by atoms with E-state index in [0.717, 1.165) is 54.9 Å². The summed E-state index contributed by atoms with van der Waals surface area (Å²) in [7, 11) is -3.03. The van der Waals surface area contributed by atoms with E-state index in [1.165, 1.54) is 20.2 Å². The molecule has 2 aromatic heterocycles. The minimum absolute atomic E-state index is 0.631. The van der Waals surface area contributed by atoms with Crippen LogP contribution in [0.5, 0.6) is 0 Å². The van der Waals surface area contributed by atoms with Gasteiger partial charge in [-0.3, -0.25) is 0 Å². The Balaban J connectivity index is 0.951. The lowest BCUT2D eigenvalue weighted by atomic mass is 9.99. The summed E-state index contributed by atoms with van der Waals surface area (Å²) in [5.41, 5.74) is 7.23. The van der Waals surface area contributed by atoms with E-state index in [2.05, 4.69) is 103 Å². The molecule has 0 radical (unpaired) electrons. The normalized spacial score (nSPS) is 11.6. The van der Waals surface area contributed by atoms with Crippen molar-refractivity contribution in [2.24, 2.45) is 0 Å². The largest absolute Gasteiger partial charge is 0.309 e. The third-order valence-corrected chi connectivity index (χ3v) is 14.8. The first-order chi connectivity index (χ1) is 28.1. The van der Waals surface area contributed by atoms with E-state index < -0.39 is 7.14 Å². The highest BCUT2D eigenvalue weighted by Gasteiger charge is 2.29. The molecule has 0 N–H and O–H groups in total. The van der Waals surface area contributed by atoms with Crippen LogP contribution in [0.2, 0.25) is 0 Å². The molecule has 0 aliphatic heterocycles. The predicted molar refractivity (Wildman–Crippen MR) is 239 cm³/mol. The van der Waals surface area contributed by atoms with Gasteiger partial charge in [-0.25, -0.2) is 15.0 Å². The topological polar surface area (TPSA) is 55.7 Å².